The molecule has 0 N–H and O–H groups in total. The van der Waals surface area contributed by atoms with Crippen molar-refractivity contribution in [2.75, 3.05) is 0 Å². The Balaban J connectivity index is 1.99. The van der Waals surface area contributed by atoms with E-state index in [1.54, 1.807) is 12.1 Å². The Morgan fingerprint density at radius 2 is 1.83 bits per heavy atom. The molecule has 7 heteroatoms. The molecule has 0 saturated carbocycles. The van der Waals surface area contributed by atoms with Crippen molar-refractivity contribution in [1.29, 1.82) is 5.26 Å². The number of carbonyl (C=O) groups is 1. The van der Waals surface area contributed by atoms with Gasteiger partial charge in [-0.2, -0.15) is 9.94 Å². The molecule has 0 spiro atoms. The van der Waals surface area contributed by atoms with E-state index in [4.69, 9.17) is 0 Å². The number of Topliss-reactive ketones (excluding diaryl/α,β-unsaturated/α-hetero) is 1. The lowest BCUT2D eigenvalue weighted by molar-refractivity contribution is 0.0975. The number of hydrogen-bond acceptors (Lipinski definition) is 5. The first-order valence-electron chi connectivity index (χ1n) is 7.15. The van der Waals surface area contributed by atoms with Crippen LogP contribution in [0.2, 0.25) is 0 Å². The van der Waals surface area contributed by atoms with Crippen molar-refractivity contribution in [2.45, 2.75) is 12.8 Å². The maximum Gasteiger partial charge on any atom is 0.187 e. The van der Waals surface area contributed by atoms with Gasteiger partial charge in [-0.25, -0.2) is 4.39 Å². The highest BCUT2D eigenvalue weighted by Crippen LogP contribution is 2.21. The van der Waals surface area contributed by atoms with E-state index in [2.05, 4.69) is 15.5 Å². The number of aryl methyl sites for hydroxylation is 1. The predicted molar refractivity (Wildman–Crippen MR) is 83.0 cm³/mol. The summed E-state index contributed by atoms with van der Waals surface area (Å²) in [6.45, 7) is 1.94. The fourth-order valence-corrected chi connectivity index (χ4v) is 2.26. The molecule has 0 aliphatic heterocycles. The molecule has 0 amide bonds. The summed E-state index contributed by atoms with van der Waals surface area (Å²) in [7, 11) is 0. The van der Waals surface area contributed by atoms with Crippen LogP contribution in [0, 0.1) is 24.1 Å². The van der Waals surface area contributed by atoms with Crippen LogP contribution >= 0.6 is 0 Å². The number of hydrogen-bond donors (Lipinski definition) is 0. The van der Waals surface area contributed by atoms with Crippen LogP contribution in [0.4, 0.5) is 4.39 Å². The van der Waals surface area contributed by atoms with Gasteiger partial charge in [-0.05, 0) is 53.7 Å². The Morgan fingerprint density at radius 3 is 2.46 bits per heavy atom. The first-order chi connectivity index (χ1) is 11.6. The van der Waals surface area contributed by atoms with Gasteiger partial charge < -0.3 is 0 Å². The molecule has 0 fully saturated rings. The van der Waals surface area contributed by atoms with Gasteiger partial charge in [-0.3, -0.25) is 4.79 Å². The third kappa shape index (κ3) is 2.90. The SMILES string of the molecule is Cc1ccc(-n2nnnc2[C@H](C#N)C(=O)c2ccc(F)cc2)cc1. The molecule has 118 valence electrons. The van der Waals surface area contributed by atoms with E-state index >= 15 is 0 Å². The summed E-state index contributed by atoms with van der Waals surface area (Å²) in [5.74, 6) is -2.01. The minimum atomic E-state index is -1.19. The van der Waals surface area contributed by atoms with E-state index in [1.165, 1.54) is 28.9 Å². The van der Waals surface area contributed by atoms with Crippen LogP contribution < -0.4 is 0 Å². The van der Waals surface area contributed by atoms with Crippen molar-refractivity contribution in [1.82, 2.24) is 20.2 Å². The van der Waals surface area contributed by atoms with E-state index in [9.17, 15) is 14.4 Å². The largest absolute Gasteiger partial charge is 0.292 e. The molecule has 0 radical (unpaired) electrons. The zero-order valence-corrected chi connectivity index (χ0v) is 12.7. The number of rotatable bonds is 4. The van der Waals surface area contributed by atoms with Gasteiger partial charge in [0, 0.05) is 5.56 Å². The molecule has 1 heterocycles. The van der Waals surface area contributed by atoms with Crippen LogP contribution in [-0.2, 0) is 0 Å². The second-order valence-corrected chi connectivity index (χ2v) is 5.22. The zero-order chi connectivity index (χ0) is 17.1. The number of halogens is 1. The van der Waals surface area contributed by atoms with Gasteiger partial charge in [-0.15, -0.1) is 5.10 Å². The number of carbonyl (C=O) groups excluding carboxylic acids is 1. The van der Waals surface area contributed by atoms with E-state index in [0.717, 1.165) is 5.56 Å². The van der Waals surface area contributed by atoms with Gasteiger partial charge in [0.15, 0.2) is 17.5 Å². The van der Waals surface area contributed by atoms with Crippen molar-refractivity contribution >= 4 is 5.78 Å². The van der Waals surface area contributed by atoms with Gasteiger partial charge in [0.05, 0.1) is 11.8 Å². The zero-order valence-electron chi connectivity index (χ0n) is 12.7. The lowest BCUT2D eigenvalue weighted by Crippen LogP contribution is -2.16. The van der Waals surface area contributed by atoms with Crippen molar-refractivity contribution in [3.8, 4) is 11.8 Å². The van der Waals surface area contributed by atoms with E-state index < -0.39 is 17.5 Å². The van der Waals surface area contributed by atoms with Crippen LogP contribution in [0.5, 0.6) is 0 Å². The molecular weight excluding hydrogens is 309 g/mol. The van der Waals surface area contributed by atoms with Crippen molar-refractivity contribution in [2.24, 2.45) is 0 Å². The average molecular weight is 321 g/mol. The van der Waals surface area contributed by atoms with Gasteiger partial charge in [-0.1, -0.05) is 17.7 Å². The molecule has 1 aromatic heterocycles. The van der Waals surface area contributed by atoms with Crippen LogP contribution in [-0.4, -0.2) is 26.0 Å². The molecular formula is C17H12FN5O. The molecule has 24 heavy (non-hydrogen) atoms. The van der Waals surface area contributed by atoms with E-state index in [0.29, 0.717) is 5.69 Å². The molecule has 6 nitrogen and oxygen atoms in total. The summed E-state index contributed by atoms with van der Waals surface area (Å²) in [5, 5.41) is 20.7. The van der Waals surface area contributed by atoms with Crippen LogP contribution in [0.25, 0.3) is 5.69 Å². The maximum absolute atomic E-state index is 13.0. The first kappa shape index (κ1) is 15.5. The van der Waals surface area contributed by atoms with Gasteiger partial charge in [0.2, 0.25) is 0 Å². The highest BCUT2D eigenvalue weighted by atomic mass is 19.1. The smallest absolute Gasteiger partial charge is 0.187 e. The fourth-order valence-electron chi connectivity index (χ4n) is 2.26. The highest BCUT2D eigenvalue weighted by molar-refractivity contribution is 6.02. The van der Waals surface area contributed by atoms with Crippen LogP contribution in [0.1, 0.15) is 27.7 Å². The number of aromatic nitrogens is 4. The lowest BCUT2D eigenvalue weighted by atomic mass is 9.98. The van der Waals surface area contributed by atoms with Crippen molar-refractivity contribution < 1.29 is 9.18 Å². The third-order valence-corrected chi connectivity index (χ3v) is 3.55. The Morgan fingerprint density at radius 1 is 1.17 bits per heavy atom. The number of nitrogens with zero attached hydrogens (tertiary/aromatic N) is 5. The number of ketones is 1. The lowest BCUT2D eigenvalue weighted by Gasteiger charge is -2.09. The Kier molecular flexibility index (Phi) is 4.12. The molecule has 3 rings (SSSR count). The minimum absolute atomic E-state index is 0.121. The average Bonchev–Trinajstić information content (AvgIpc) is 3.06. The second kappa shape index (κ2) is 6.38. The predicted octanol–water partition coefficient (Wildman–Crippen LogP) is 2.60. The van der Waals surface area contributed by atoms with E-state index in [-0.39, 0.29) is 11.4 Å². The Labute approximate surface area is 137 Å². The first-order valence-corrected chi connectivity index (χ1v) is 7.15. The molecule has 2 aromatic carbocycles. The summed E-state index contributed by atoms with van der Waals surface area (Å²) in [5.41, 5.74) is 1.93. The quantitative estimate of drug-likeness (QED) is 0.690. The molecule has 1 atom stereocenters. The van der Waals surface area contributed by atoms with Crippen LogP contribution in [0.3, 0.4) is 0 Å². The standard InChI is InChI=1S/C17H12FN5O/c1-11-2-8-14(9-3-11)23-17(20-21-22-23)15(10-19)16(24)12-4-6-13(18)7-5-12/h2-9,15H,1H3/t15-/m1/s1. The van der Waals surface area contributed by atoms with Crippen LogP contribution in [0.15, 0.2) is 48.5 Å². The number of tetrazole rings is 1. The minimum Gasteiger partial charge on any atom is -0.292 e. The molecule has 0 aliphatic rings. The molecule has 0 saturated heterocycles. The fraction of sp³-hybridized carbons (Fsp3) is 0.118. The Hall–Kier alpha value is -3.40. The van der Waals surface area contributed by atoms with E-state index in [1.807, 2.05) is 25.1 Å². The van der Waals surface area contributed by atoms with Gasteiger partial charge in [0.1, 0.15) is 5.82 Å². The topological polar surface area (TPSA) is 84.5 Å². The summed E-state index contributed by atoms with van der Waals surface area (Å²) in [6.07, 6.45) is 0. The second-order valence-electron chi connectivity index (χ2n) is 5.22. The monoisotopic (exact) mass is 321 g/mol. The third-order valence-electron chi connectivity index (χ3n) is 3.55. The molecule has 3 aromatic rings. The molecule has 0 unspecified atom stereocenters. The molecule has 0 aliphatic carbocycles. The summed E-state index contributed by atoms with van der Waals surface area (Å²) < 4.78 is 14.4. The Bertz CT molecular complexity index is 909. The summed E-state index contributed by atoms with van der Waals surface area (Å²) in [4.78, 5) is 12.6. The van der Waals surface area contributed by atoms with Crippen molar-refractivity contribution in [3.63, 3.8) is 0 Å². The number of nitriles is 1. The summed E-state index contributed by atoms with van der Waals surface area (Å²) >= 11 is 0. The molecule has 0 bridgehead atoms. The number of benzene rings is 2. The van der Waals surface area contributed by atoms with Gasteiger partial charge in [0.25, 0.3) is 0 Å². The summed E-state index contributed by atoms with van der Waals surface area (Å²) in [6, 6.07) is 14.3. The van der Waals surface area contributed by atoms with Crippen molar-refractivity contribution in [3.05, 3.63) is 71.3 Å². The highest BCUT2D eigenvalue weighted by Gasteiger charge is 2.28. The maximum atomic E-state index is 13.0. The normalized spacial score (nSPS) is 11.7. The van der Waals surface area contributed by atoms with Gasteiger partial charge >= 0.3 is 0 Å².